The van der Waals surface area contributed by atoms with Gasteiger partial charge in [-0.05, 0) is 180 Å². The van der Waals surface area contributed by atoms with Crippen LogP contribution < -0.4 is 15.7 Å². The fraction of sp³-hybridized carbons (Fsp3) is 0.362. The van der Waals surface area contributed by atoms with Crippen LogP contribution in [0.3, 0.4) is 0 Å². The van der Waals surface area contributed by atoms with Crippen molar-refractivity contribution in [3.8, 4) is 33.4 Å². The highest BCUT2D eigenvalue weighted by atomic mass is 32.1. The van der Waals surface area contributed by atoms with E-state index in [2.05, 4.69) is 233 Å². The molecule has 3 aliphatic carbocycles. The summed E-state index contributed by atoms with van der Waals surface area (Å²) in [4.78, 5) is 0. The monoisotopic (exact) mass is 947 g/mol. The van der Waals surface area contributed by atoms with Gasteiger partial charge in [0.2, 0.25) is 0 Å². The molecule has 2 atom stereocenters. The first-order valence-corrected chi connectivity index (χ1v) is 27.9. The summed E-state index contributed by atoms with van der Waals surface area (Å²) in [6.07, 6.45) is 10.8. The van der Waals surface area contributed by atoms with Crippen molar-refractivity contribution in [2.24, 2.45) is 5.41 Å². The smallest absolute Gasteiger partial charge is 0.149 e. The van der Waals surface area contributed by atoms with Crippen LogP contribution in [0.4, 0.5) is 0 Å². The van der Waals surface area contributed by atoms with Crippen molar-refractivity contribution in [2.75, 3.05) is 0 Å². The number of benzene rings is 7. The standard InChI is InChI=1S/C69H75BS/c1-45-37-51(47-23-15-12-16-24-47)38-46(2)63(45)70(61-41-52(48-25-17-13-18-26-48)40-58-54(61)31-34-68(10)32-21-22-33-69(58,68)11)64-57(56-43-59-60(44-62(56)71-64)67(8,9)36-35-66(59,6)7)39-50-29-30-53(65(3,4)5)42-55(50)49-27-19-14-20-28-49/h12-20,23-30,37-38,40-44H,21-22,31-36,39H2,1-11H3. The van der Waals surface area contributed by atoms with E-state index >= 15 is 0 Å². The molecule has 1 heterocycles. The van der Waals surface area contributed by atoms with Crippen LogP contribution in [-0.2, 0) is 34.5 Å². The highest BCUT2D eigenvalue weighted by Crippen LogP contribution is 2.58. The number of hydrogen-bond acceptors (Lipinski definition) is 1. The van der Waals surface area contributed by atoms with Crippen LogP contribution in [0, 0.1) is 19.3 Å². The fourth-order valence-electron chi connectivity index (χ4n) is 13.9. The summed E-state index contributed by atoms with van der Waals surface area (Å²) in [6, 6.07) is 56.8. The molecule has 0 spiro atoms. The Kier molecular flexibility index (Phi) is 11.9. The van der Waals surface area contributed by atoms with Crippen LogP contribution in [-0.4, -0.2) is 6.71 Å². The van der Waals surface area contributed by atoms with E-state index in [0.29, 0.717) is 0 Å². The van der Waals surface area contributed by atoms with Gasteiger partial charge in [0.1, 0.15) is 0 Å². The minimum absolute atomic E-state index is 0.0275. The second-order valence-corrected chi connectivity index (χ2v) is 26.2. The van der Waals surface area contributed by atoms with Crippen LogP contribution in [0.2, 0.25) is 0 Å². The predicted octanol–water partition coefficient (Wildman–Crippen LogP) is 17.1. The molecular formula is C69H75BS. The zero-order valence-corrected chi connectivity index (χ0v) is 45.5. The predicted molar refractivity (Wildman–Crippen MR) is 311 cm³/mol. The quantitative estimate of drug-likeness (QED) is 0.133. The first kappa shape index (κ1) is 47.9. The molecule has 3 aliphatic rings. The highest BCUT2D eigenvalue weighted by molar-refractivity contribution is 7.32. The van der Waals surface area contributed by atoms with Gasteiger partial charge in [0.05, 0.1) is 0 Å². The number of hydrogen-bond donors (Lipinski definition) is 0. The van der Waals surface area contributed by atoms with Crippen molar-refractivity contribution in [2.45, 2.75) is 156 Å². The molecule has 2 heteroatoms. The van der Waals surface area contributed by atoms with Gasteiger partial charge in [0.15, 0.2) is 0 Å². The lowest BCUT2D eigenvalue weighted by atomic mass is 9.35. The van der Waals surface area contributed by atoms with Crippen molar-refractivity contribution in [3.05, 3.63) is 196 Å². The van der Waals surface area contributed by atoms with Gasteiger partial charge in [-0.2, -0.15) is 0 Å². The van der Waals surface area contributed by atoms with E-state index in [-0.39, 0.29) is 33.8 Å². The Morgan fingerprint density at radius 1 is 0.535 bits per heavy atom. The molecule has 8 aromatic rings. The van der Waals surface area contributed by atoms with Crippen LogP contribution in [0.15, 0.2) is 146 Å². The average molecular weight is 947 g/mol. The third-order valence-corrected chi connectivity index (χ3v) is 19.9. The van der Waals surface area contributed by atoms with E-state index in [1.54, 1.807) is 22.3 Å². The third-order valence-electron chi connectivity index (χ3n) is 18.7. The van der Waals surface area contributed by atoms with Crippen LogP contribution in [0.5, 0.6) is 0 Å². The molecule has 0 saturated heterocycles. The number of rotatable bonds is 8. The van der Waals surface area contributed by atoms with E-state index < -0.39 is 0 Å². The van der Waals surface area contributed by atoms with Crippen LogP contribution >= 0.6 is 11.3 Å². The van der Waals surface area contributed by atoms with Crippen molar-refractivity contribution in [1.29, 1.82) is 0 Å². The van der Waals surface area contributed by atoms with Gasteiger partial charge >= 0.3 is 0 Å². The van der Waals surface area contributed by atoms with Gasteiger partial charge < -0.3 is 0 Å². The van der Waals surface area contributed by atoms with Gasteiger partial charge in [-0.15, -0.1) is 11.3 Å². The van der Waals surface area contributed by atoms with Gasteiger partial charge in [-0.25, -0.2) is 0 Å². The molecule has 2 unspecified atom stereocenters. The molecule has 0 aliphatic heterocycles. The molecule has 1 fully saturated rings. The van der Waals surface area contributed by atoms with Gasteiger partial charge in [0.25, 0.3) is 6.71 Å². The molecule has 1 aromatic heterocycles. The van der Waals surface area contributed by atoms with Crippen molar-refractivity contribution >= 4 is 43.8 Å². The highest BCUT2D eigenvalue weighted by Gasteiger charge is 2.51. The minimum atomic E-state index is 0.0275. The topological polar surface area (TPSA) is 0 Å². The summed E-state index contributed by atoms with van der Waals surface area (Å²) in [5.74, 6) is 0. The molecule has 71 heavy (non-hydrogen) atoms. The molecule has 0 bridgehead atoms. The Balaban J connectivity index is 1.26. The molecular weight excluding hydrogens is 872 g/mol. The Bertz CT molecular complexity index is 3280. The second kappa shape index (κ2) is 17.7. The summed E-state index contributed by atoms with van der Waals surface area (Å²) in [5, 5.41) is 1.45. The maximum absolute atomic E-state index is 2.70. The summed E-state index contributed by atoms with van der Waals surface area (Å²) >= 11 is 2.12. The van der Waals surface area contributed by atoms with Gasteiger partial charge in [-0.3, -0.25) is 0 Å². The molecule has 360 valence electrons. The Labute approximate surface area is 431 Å². The summed E-state index contributed by atoms with van der Waals surface area (Å²) in [5.41, 5.74) is 24.9. The van der Waals surface area contributed by atoms with E-state index in [0.717, 1.165) is 12.8 Å². The first-order chi connectivity index (χ1) is 33.8. The number of aryl methyl sites for hydroxylation is 2. The SMILES string of the molecule is Cc1cc(-c2ccccc2)cc(C)c1B(c1cc(-c2ccccc2)cc2c1CCC1(C)CCCCC21C)c1sc2cc3c(cc2c1Cc1ccc(C(C)(C)C)cc1-c1ccccc1)C(C)(C)CCC3(C)C. The van der Waals surface area contributed by atoms with Gasteiger partial charge in [0, 0.05) is 4.70 Å². The molecule has 0 amide bonds. The van der Waals surface area contributed by atoms with Crippen molar-refractivity contribution in [3.63, 3.8) is 0 Å². The lowest BCUT2D eigenvalue weighted by Crippen LogP contribution is -2.57. The molecule has 11 rings (SSSR count). The minimum Gasteiger partial charge on any atom is -0.149 e. The van der Waals surface area contributed by atoms with E-state index in [1.807, 2.05) is 0 Å². The van der Waals surface area contributed by atoms with Crippen molar-refractivity contribution in [1.82, 2.24) is 0 Å². The summed E-state index contributed by atoms with van der Waals surface area (Å²) in [7, 11) is 0. The number of thiophene rings is 1. The van der Waals surface area contributed by atoms with E-state index in [4.69, 9.17) is 0 Å². The normalized spacial score (nSPS) is 20.3. The maximum Gasteiger partial charge on any atom is 0.255 e. The lowest BCUT2D eigenvalue weighted by molar-refractivity contribution is 0.0670. The Morgan fingerprint density at radius 3 is 1.70 bits per heavy atom. The third kappa shape index (κ3) is 8.29. The summed E-state index contributed by atoms with van der Waals surface area (Å²) in [6.45, 7) is 27.2. The second-order valence-electron chi connectivity index (χ2n) is 25.2. The van der Waals surface area contributed by atoms with Crippen LogP contribution in [0.1, 0.15) is 157 Å². The zero-order chi connectivity index (χ0) is 49.7. The molecule has 7 aromatic carbocycles. The van der Waals surface area contributed by atoms with Crippen molar-refractivity contribution < 1.29 is 0 Å². The van der Waals surface area contributed by atoms with Gasteiger partial charge in [-0.1, -0.05) is 231 Å². The molecule has 0 nitrogen and oxygen atoms in total. The Morgan fingerprint density at radius 2 is 1.10 bits per heavy atom. The maximum atomic E-state index is 2.70. The average Bonchev–Trinajstić information content (AvgIpc) is 3.70. The largest absolute Gasteiger partial charge is 0.255 e. The zero-order valence-electron chi connectivity index (χ0n) is 44.7. The summed E-state index contributed by atoms with van der Waals surface area (Å²) < 4.78 is 2.96. The van der Waals surface area contributed by atoms with E-state index in [1.165, 1.54) is 132 Å². The molecule has 0 radical (unpaired) electrons. The lowest BCUT2D eigenvalue weighted by Gasteiger charge is -2.55. The Hall–Kier alpha value is -5.44. The number of fused-ring (bicyclic) bond motifs is 5. The van der Waals surface area contributed by atoms with E-state index in [9.17, 15) is 0 Å². The fourth-order valence-corrected chi connectivity index (χ4v) is 15.3. The first-order valence-electron chi connectivity index (χ1n) is 27.0. The van der Waals surface area contributed by atoms with Crippen LogP contribution in [0.25, 0.3) is 43.5 Å². The molecule has 1 saturated carbocycles. The molecule has 0 N–H and O–H groups in total.